The van der Waals surface area contributed by atoms with Gasteiger partial charge in [-0.1, -0.05) is 6.07 Å². The summed E-state index contributed by atoms with van der Waals surface area (Å²) in [4.78, 5) is 15.9. The van der Waals surface area contributed by atoms with Crippen LogP contribution in [0.4, 0.5) is 0 Å². The Balaban J connectivity index is 2.51. The average molecular weight is 235 g/mol. The maximum atomic E-state index is 11.0. The van der Waals surface area contributed by atoms with Gasteiger partial charge in [0.05, 0.1) is 7.11 Å². The number of aromatic nitrogens is 1. The van der Waals surface area contributed by atoms with Crippen LogP contribution in [-0.2, 0) is 0 Å². The molecule has 0 aliphatic heterocycles. The maximum Gasteiger partial charge on any atom is 0.341 e. The Kier molecular flexibility index (Phi) is 2.87. The monoisotopic (exact) mass is 235 g/mol. The summed E-state index contributed by atoms with van der Waals surface area (Å²) in [5, 5.41) is 10.9. The highest BCUT2D eigenvalue weighted by molar-refractivity contribution is 7.13. The lowest BCUT2D eigenvalue weighted by molar-refractivity contribution is 0.0692. The van der Waals surface area contributed by atoms with E-state index in [9.17, 15) is 4.79 Å². The van der Waals surface area contributed by atoms with Crippen molar-refractivity contribution in [2.24, 2.45) is 0 Å². The van der Waals surface area contributed by atoms with Gasteiger partial charge in [0.25, 0.3) is 0 Å². The number of hydrogen-bond donors (Lipinski definition) is 1. The lowest BCUT2D eigenvalue weighted by Gasteiger charge is -2.05. The smallest absolute Gasteiger partial charge is 0.341 e. The first-order valence-corrected chi connectivity index (χ1v) is 5.41. The summed E-state index contributed by atoms with van der Waals surface area (Å²) in [5.41, 5.74) is 0.863. The number of pyridine rings is 1. The number of carboxylic acid groups (broad SMARTS) is 1. The van der Waals surface area contributed by atoms with E-state index in [2.05, 4.69) is 4.98 Å². The highest BCUT2D eigenvalue weighted by atomic mass is 32.1. The second-order valence-corrected chi connectivity index (χ2v) is 4.01. The van der Waals surface area contributed by atoms with Crippen LogP contribution in [0.15, 0.2) is 29.8 Å². The van der Waals surface area contributed by atoms with Crippen LogP contribution in [0.2, 0.25) is 0 Å². The van der Waals surface area contributed by atoms with Crippen LogP contribution < -0.4 is 4.74 Å². The zero-order valence-corrected chi connectivity index (χ0v) is 9.32. The summed E-state index contributed by atoms with van der Waals surface area (Å²) in [7, 11) is 1.40. The maximum absolute atomic E-state index is 11.0. The minimum absolute atomic E-state index is 0.0772. The second-order valence-electron chi connectivity index (χ2n) is 3.06. The van der Waals surface area contributed by atoms with Gasteiger partial charge < -0.3 is 9.84 Å². The van der Waals surface area contributed by atoms with Crippen LogP contribution in [0, 0.1) is 0 Å². The molecular formula is C11H9NO3S. The van der Waals surface area contributed by atoms with Crippen LogP contribution >= 0.6 is 11.3 Å². The molecule has 0 spiro atoms. The largest absolute Gasteiger partial charge is 0.480 e. The van der Waals surface area contributed by atoms with Crippen molar-refractivity contribution in [3.8, 4) is 16.3 Å². The first-order valence-electron chi connectivity index (χ1n) is 4.53. The number of carbonyl (C=O) groups is 1. The van der Waals surface area contributed by atoms with Gasteiger partial charge >= 0.3 is 5.97 Å². The molecule has 4 nitrogen and oxygen atoms in total. The third-order valence-electron chi connectivity index (χ3n) is 2.08. The van der Waals surface area contributed by atoms with E-state index in [1.807, 2.05) is 17.5 Å². The van der Waals surface area contributed by atoms with E-state index >= 15 is 0 Å². The fourth-order valence-corrected chi connectivity index (χ4v) is 2.05. The molecule has 16 heavy (non-hydrogen) atoms. The van der Waals surface area contributed by atoms with E-state index in [-0.39, 0.29) is 11.4 Å². The van der Waals surface area contributed by atoms with E-state index in [4.69, 9.17) is 9.84 Å². The Bertz CT molecular complexity index is 508. The van der Waals surface area contributed by atoms with Crippen molar-refractivity contribution < 1.29 is 14.6 Å². The normalized spacial score (nSPS) is 10.1. The molecule has 0 bridgehead atoms. The van der Waals surface area contributed by atoms with Crippen LogP contribution in [0.3, 0.4) is 0 Å². The number of nitrogens with zero attached hydrogens (tertiary/aromatic N) is 1. The Labute approximate surface area is 96.1 Å². The van der Waals surface area contributed by atoms with Gasteiger partial charge in [-0.15, -0.1) is 11.3 Å². The van der Waals surface area contributed by atoms with E-state index in [1.165, 1.54) is 18.4 Å². The van der Waals surface area contributed by atoms with Gasteiger partial charge in [0.15, 0.2) is 0 Å². The van der Waals surface area contributed by atoms with Crippen LogP contribution in [0.1, 0.15) is 10.4 Å². The zero-order valence-electron chi connectivity index (χ0n) is 8.51. The lowest BCUT2D eigenvalue weighted by Crippen LogP contribution is -2.02. The fraction of sp³-hybridized carbons (Fsp3) is 0.0909. The molecule has 1 N–H and O–H groups in total. The van der Waals surface area contributed by atoms with E-state index in [0.29, 0.717) is 0 Å². The predicted molar refractivity (Wildman–Crippen MR) is 61.1 cm³/mol. The van der Waals surface area contributed by atoms with Crippen molar-refractivity contribution in [2.75, 3.05) is 7.11 Å². The molecule has 0 aliphatic carbocycles. The predicted octanol–water partition coefficient (Wildman–Crippen LogP) is 2.52. The molecule has 2 aromatic rings. The molecule has 82 valence electrons. The number of rotatable bonds is 3. The van der Waals surface area contributed by atoms with Gasteiger partial charge in [-0.3, -0.25) is 0 Å². The molecule has 0 saturated heterocycles. The number of ether oxygens (including phenoxy) is 1. The third kappa shape index (κ3) is 1.90. The Morgan fingerprint density at radius 1 is 1.56 bits per heavy atom. The molecule has 2 heterocycles. The summed E-state index contributed by atoms with van der Waals surface area (Å²) < 4.78 is 4.89. The summed E-state index contributed by atoms with van der Waals surface area (Å²) in [5.74, 6) is -0.907. The van der Waals surface area contributed by atoms with Crippen LogP contribution in [0.5, 0.6) is 5.88 Å². The number of hydrogen-bond acceptors (Lipinski definition) is 4. The number of aromatic carboxylic acids is 1. The molecule has 0 saturated carbocycles. The van der Waals surface area contributed by atoms with Crippen molar-refractivity contribution in [3.05, 3.63) is 35.3 Å². The van der Waals surface area contributed by atoms with Crippen LogP contribution in [-0.4, -0.2) is 23.2 Å². The summed E-state index contributed by atoms with van der Waals surface area (Å²) in [6.07, 6.45) is 1.61. The van der Waals surface area contributed by atoms with Gasteiger partial charge in [0, 0.05) is 16.6 Å². The number of carboxylic acids is 1. The van der Waals surface area contributed by atoms with Crippen molar-refractivity contribution in [1.82, 2.24) is 4.98 Å². The lowest BCUT2D eigenvalue weighted by atomic mass is 10.1. The summed E-state index contributed by atoms with van der Waals surface area (Å²) >= 11 is 1.54. The van der Waals surface area contributed by atoms with E-state index in [1.54, 1.807) is 12.3 Å². The molecule has 0 fully saturated rings. The highest BCUT2D eigenvalue weighted by Crippen LogP contribution is 2.27. The molecular weight excluding hydrogens is 226 g/mol. The minimum Gasteiger partial charge on any atom is -0.480 e. The number of methoxy groups -OCH3 is 1. The number of thiophene rings is 1. The molecule has 0 aromatic carbocycles. The Hall–Kier alpha value is -1.88. The topological polar surface area (TPSA) is 59.4 Å². The summed E-state index contributed by atoms with van der Waals surface area (Å²) in [6, 6.07) is 5.39. The van der Waals surface area contributed by atoms with Gasteiger partial charge in [0.2, 0.25) is 5.88 Å². The Morgan fingerprint density at radius 3 is 2.94 bits per heavy atom. The summed E-state index contributed by atoms with van der Waals surface area (Å²) in [6.45, 7) is 0. The molecule has 2 rings (SSSR count). The molecule has 0 unspecified atom stereocenters. The quantitative estimate of drug-likeness (QED) is 0.888. The van der Waals surface area contributed by atoms with Crippen molar-refractivity contribution >= 4 is 17.3 Å². The van der Waals surface area contributed by atoms with E-state index < -0.39 is 5.97 Å². The third-order valence-corrected chi connectivity index (χ3v) is 3.00. The molecule has 5 heteroatoms. The minimum atomic E-state index is -1.04. The van der Waals surface area contributed by atoms with Gasteiger partial charge in [0.1, 0.15) is 5.56 Å². The molecule has 2 aromatic heterocycles. The first kappa shape index (κ1) is 10.6. The Morgan fingerprint density at radius 2 is 2.38 bits per heavy atom. The van der Waals surface area contributed by atoms with Gasteiger partial charge in [-0.05, 0) is 17.5 Å². The first-order chi connectivity index (χ1) is 7.72. The van der Waals surface area contributed by atoms with Gasteiger partial charge in [-0.25, -0.2) is 9.78 Å². The standard InChI is InChI=1S/C11H9NO3S/c1-15-10-8(11(13)14)5-7(6-12-10)9-3-2-4-16-9/h2-6H,1H3,(H,13,14). The SMILES string of the molecule is COc1ncc(-c2cccs2)cc1C(=O)O. The molecule has 0 aliphatic rings. The van der Waals surface area contributed by atoms with Crippen LogP contribution in [0.25, 0.3) is 10.4 Å². The van der Waals surface area contributed by atoms with Crippen molar-refractivity contribution in [2.45, 2.75) is 0 Å². The van der Waals surface area contributed by atoms with Gasteiger partial charge in [-0.2, -0.15) is 0 Å². The molecule has 0 radical (unpaired) electrons. The zero-order chi connectivity index (χ0) is 11.5. The average Bonchev–Trinajstić information content (AvgIpc) is 2.81. The molecule has 0 atom stereocenters. The van der Waals surface area contributed by atoms with Crippen molar-refractivity contribution in [1.29, 1.82) is 0 Å². The van der Waals surface area contributed by atoms with E-state index in [0.717, 1.165) is 10.4 Å². The highest BCUT2D eigenvalue weighted by Gasteiger charge is 2.13. The van der Waals surface area contributed by atoms with Crippen molar-refractivity contribution in [3.63, 3.8) is 0 Å². The molecule has 0 amide bonds. The fourth-order valence-electron chi connectivity index (χ4n) is 1.35. The second kappa shape index (κ2) is 4.32.